The lowest BCUT2D eigenvalue weighted by molar-refractivity contribution is 0.0161. The highest BCUT2D eigenvalue weighted by atomic mass is 16.5. The van der Waals surface area contributed by atoms with E-state index in [1.165, 1.54) is 0 Å². The van der Waals surface area contributed by atoms with Gasteiger partial charge >= 0.3 is 0 Å². The molecule has 5 heteroatoms. The predicted octanol–water partition coefficient (Wildman–Crippen LogP) is 2.68. The average molecular weight is 360 g/mol. The highest BCUT2D eigenvalue weighted by Crippen LogP contribution is 2.37. The van der Waals surface area contributed by atoms with Crippen LogP contribution in [0.3, 0.4) is 0 Å². The third-order valence-electron chi connectivity index (χ3n) is 6.02. The number of carbonyl (C=O) groups is 1. The summed E-state index contributed by atoms with van der Waals surface area (Å²) in [5.41, 5.74) is 3.87. The minimum atomic E-state index is -0.111. The molecule has 0 bridgehead atoms. The molecule has 3 heterocycles. The van der Waals surface area contributed by atoms with Gasteiger partial charge in [0, 0.05) is 32.1 Å². The van der Waals surface area contributed by atoms with E-state index in [0.717, 1.165) is 80.8 Å². The van der Waals surface area contributed by atoms with E-state index in [9.17, 15) is 9.90 Å². The van der Waals surface area contributed by atoms with Crippen molar-refractivity contribution in [3.05, 3.63) is 28.6 Å². The molecule has 144 valence electrons. The molecule has 0 radical (unpaired) electrons. The number of hydrogen-bond donors (Lipinski definition) is 2. The molecule has 2 N–H and O–H groups in total. The number of nitrogens with one attached hydrogen (secondary N) is 1. The van der Waals surface area contributed by atoms with Crippen LogP contribution in [0.4, 0.5) is 0 Å². The number of amides is 1. The van der Waals surface area contributed by atoms with Crippen LogP contribution in [0.2, 0.25) is 0 Å². The van der Waals surface area contributed by atoms with Crippen LogP contribution in [0.1, 0.15) is 67.3 Å². The van der Waals surface area contributed by atoms with Crippen molar-refractivity contribution in [3.63, 3.8) is 0 Å². The fraction of sp³-hybridized carbons (Fsp3) is 0.714. The molecule has 3 rings (SSSR count). The van der Waals surface area contributed by atoms with E-state index in [1.807, 2.05) is 0 Å². The SMILES string of the molecule is CCc1nc(CCC(C)(C)CO)cc2c1C(=O)NCC1(CCOCC1)C2. The van der Waals surface area contributed by atoms with Crippen LogP contribution >= 0.6 is 0 Å². The van der Waals surface area contributed by atoms with Crippen molar-refractivity contribution in [1.82, 2.24) is 10.3 Å². The van der Waals surface area contributed by atoms with Crippen LogP contribution < -0.4 is 5.32 Å². The monoisotopic (exact) mass is 360 g/mol. The van der Waals surface area contributed by atoms with Crippen molar-refractivity contribution in [2.24, 2.45) is 10.8 Å². The lowest BCUT2D eigenvalue weighted by atomic mass is 9.75. The molecule has 0 atom stereocenters. The quantitative estimate of drug-likeness (QED) is 0.847. The number of ether oxygens (including phenoxy) is 1. The first kappa shape index (κ1) is 19.3. The van der Waals surface area contributed by atoms with E-state index in [0.29, 0.717) is 0 Å². The number of aryl methyl sites for hydroxylation is 2. The molecular formula is C21H32N2O3. The maximum absolute atomic E-state index is 12.8. The van der Waals surface area contributed by atoms with Crippen LogP contribution in [0.25, 0.3) is 0 Å². The fourth-order valence-corrected chi connectivity index (χ4v) is 4.05. The number of aliphatic hydroxyl groups excluding tert-OH is 1. The van der Waals surface area contributed by atoms with Crippen molar-refractivity contribution in [2.75, 3.05) is 26.4 Å². The Morgan fingerprint density at radius 2 is 2.08 bits per heavy atom. The van der Waals surface area contributed by atoms with Crippen LogP contribution in [-0.2, 0) is 24.0 Å². The normalized spacial score (nSPS) is 19.8. The largest absolute Gasteiger partial charge is 0.396 e. The maximum atomic E-state index is 12.8. The smallest absolute Gasteiger partial charge is 0.253 e. The predicted molar refractivity (Wildman–Crippen MR) is 101 cm³/mol. The summed E-state index contributed by atoms with van der Waals surface area (Å²) in [5, 5.41) is 12.7. The third kappa shape index (κ3) is 4.09. The van der Waals surface area contributed by atoms with Gasteiger partial charge in [0.15, 0.2) is 0 Å². The standard InChI is InChI=1S/C21H32N2O3/c1-4-17-18-15(11-16(23-17)5-6-20(2,3)14-24)12-21(13-22-19(18)25)7-9-26-10-8-21/h11,24H,4-10,12-14H2,1-3H3,(H,22,25). The van der Waals surface area contributed by atoms with Crippen LogP contribution in [0, 0.1) is 10.8 Å². The number of aliphatic hydroxyl groups is 1. The van der Waals surface area contributed by atoms with Gasteiger partial charge in [-0.1, -0.05) is 20.8 Å². The van der Waals surface area contributed by atoms with Gasteiger partial charge in [-0.25, -0.2) is 0 Å². The molecule has 1 saturated heterocycles. The van der Waals surface area contributed by atoms with Gasteiger partial charge in [0.2, 0.25) is 0 Å². The van der Waals surface area contributed by atoms with Crippen molar-refractivity contribution in [3.8, 4) is 0 Å². The number of pyridine rings is 1. The van der Waals surface area contributed by atoms with E-state index in [2.05, 4.69) is 32.2 Å². The molecule has 1 amide bonds. The Balaban J connectivity index is 1.93. The number of rotatable bonds is 5. The molecule has 1 aromatic rings. The first-order valence-corrected chi connectivity index (χ1v) is 9.86. The number of fused-ring (bicyclic) bond motifs is 1. The Hall–Kier alpha value is -1.46. The first-order chi connectivity index (χ1) is 12.4. The molecule has 1 spiro atoms. The Morgan fingerprint density at radius 1 is 1.35 bits per heavy atom. The minimum Gasteiger partial charge on any atom is -0.396 e. The van der Waals surface area contributed by atoms with Crippen LogP contribution in [0.5, 0.6) is 0 Å². The highest BCUT2D eigenvalue weighted by Gasteiger charge is 2.37. The topological polar surface area (TPSA) is 71.5 Å². The summed E-state index contributed by atoms with van der Waals surface area (Å²) in [7, 11) is 0. The molecule has 2 aliphatic heterocycles. The van der Waals surface area contributed by atoms with Crippen molar-refractivity contribution < 1.29 is 14.6 Å². The number of carbonyl (C=O) groups excluding carboxylic acids is 1. The Morgan fingerprint density at radius 3 is 2.73 bits per heavy atom. The van der Waals surface area contributed by atoms with Gasteiger partial charge in [0.25, 0.3) is 5.91 Å². The lowest BCUT2D eigenvalue weighted by Crippen LogP contribution is -2.40. The highest BCUT2D eigenvalue weighted by molar-refractivity contribution is 5.97. The lowest BCUT2D eigenvalue weighted by Gasteiger charge is -2.36. The molecule has 0 saturated carbocycles. The molecule has 0 unspecified atom stereocenters. The van der Waals surface area contributed by atoms with E-state index < -0.39 is 0 Å². The molecule has 0 aromatic carbocycles. The van der Waals surface area contributed by atoms with Gasteiger partial charge in [0.05, 0.1) is 11.3 Å². The maximum Gasteiger partial charge on any atom is 0.253 e. The molecule has 0 aliphatic carbocycles. The van der Waals surface area contributed by atoms with Crippen molar-refractivity contribution in [1.29, 1.82) is 0 Å². The summed E-state index contributed by atoms with van der Waals surface area (Å²) in [6.45, 7) is 8.64. The summed E-state index contributed by atoms with van der Waals surface area (Å²) >= 11 is 0. The van der Waals surface area contributed by atoms with Gasteiger partial charge in [-0.2, -0.15) is 0 Å². The van der Waals surface area contributed by atoms with Gasteiger partial charge in [-0.3, -0.25) is 9.78 Å². The van der Waals surface area contributed by atoms with Gasteiger partial charge in [-0.05, 0) is 61.0 Å². The van der Waals surface area contributed by atoms with Gasteiger partial charge in [0.1, 0.15) is 0 Å². The van der Waals surface area contributed by atoms with Crippen LogP contribution in [0.15, 0.2) is 6.07 Å². The Kier molecular flexibility index (Phi) is 5.68. The number of hydrogen-bond acceptors (Lipinski definition) is 4. The molecular weight excluding hydrogens is 328 g/mol. The van der Waals surface area contributed by atoms with E-state index >= 15 is 0 Å². The van der Waals surface area contributed by atoms with Crippen LogP contribution in [-0.4, -0.2) is 42.4 Å². The molecule has 2 aliphatic rings. The third-order valence-corrected chi connectivity index (χ3v) is 6.02. The second kappa shape index (κ2) is 7.65. The number of aromatic nitrogens is 1. The van der Waals surface area contributed by atoms with E-state index in [-0.39, 0.29) is 23.3 Å². The second-order valence-electron chi connectivity index (χ2n) is 8.74. The zero-order valence-corrected chi connectivity index (χ0v) is 16.4. The minimum absolute atomic E-state index is 0.0231. The zero-order valence-electron chi connectivity index (χ0n) is 16.4. The van der Waals surface area contributed by atoms with E-state index in [4.69, 9.17) is 9.72 Å². The van der Waals surface area contributed by atoms with E-state index in [1.54, 1.807) is 0 Å². The second-order valence-corrected chi connectivity index (χ2v) is 8.74. The molecule has 26 heavy (non-hydrogen) atoms. The fourth-order valence-electron chi connectivity index (χ4n) is 4.05. The van der Waals surface area contributed by atoms with Crippen molar-refractivity contribution >= 4 is 5.91 Å². The van der Waals surface area contributed by atoms with Gasteiger partial charge < -0.3 is 15.2 Å². The summed E-state index contributed by atoms with van der Waals surface area (Å²) in [4.78, 5) is 17.6. The Bertz CT molecular complexity index is 663. The summed E-state index contributed by atoms with van der Waals surface area (Å²) in [6, 6.07) is 2.14. The first-order valence-electron chi connectivity index (χ1n) is 9.86. The molecule has 1 aromatic heterocycles. The average Bonchev–Trinajstić information content (AvgIpc) is 2.77. The summed E-state index contributed by atoms with van der Waals surface area (Å²) < 4.78 is 5.56. The summed E-state index contributed by atoms with van der Waals surface area (Å²) in [6.07, 6.45) is 5.35. The molecule has 1 fully saturated rings. The summed E-state index contributed by atoms with van der Waals surface area (Å²) in [5.74, 6) is 0.0231. The molecule has 5 nitrogen and oxygen atoms in total. The van der Waals surface area contributed by atoms with Crippen molar-refractivity contribution in [2.45, 2.75) is 59.3 Å². The number of nitrogens with zero attached hydrogens (tertiary/aromatic N) is 1. The van der Waals surface area contributed by atoms with Gasteiger partial charge in [-0.15, -0.1) is 0 Å². The Labute approximate surface area is 156 Å². The zero-order chi connectivity index (χ0) is 18.8.